The molecule has 3 rings (SSSR count). The number of imidazole rings is 1. The molecule has 7 heteroatoms. The van der Waals surface area contributed by atoms with Crippen LogP contribution in [0.4, 0.5) is 14.9 Å². The number of para-hydroxylation sites is 1. The van der Waals surface area contributed by atoms with Crippen LogP contribution in [-0.4, -0.2) is 33.6 Å². The van der Waals surface area contributed by atoms with Gasteiger partial charge in [0.2, 0.25) is 0 Å². The van der Waals surface area contributed by atoms with Crippen molar-refractivity contribution in [2.24, 2.45) is 0 Å². The second-order valence-corrected chi connectivity index (χ2v) is 7.01. The van der Waals surface area contributed by atoms with Gasteiger partial charge >= 0.3 is 6.03 Å². The number of nitrogens with zero attached hydrogens (tertiary/aromatic N) is 3. The van der Waals surface area contributed by atoms with Crippen LogP contribution in [0.2, 0.25) is 0 Å². The fourth-order valence-corrected chi connectivity index (χ4v) is 3.18. The van der Waals surface area contributed by atoms with Gasteiger partial charge < -0.3 is 19.5 Å². The number of aryl methyl sites for hydroxylation is 2. The van der Waals surface area contributed by atoms with Gasteiger partial charge in [0, 0.05) is 36.7 Å². The molecule has 0 spiro atoms. The van der Waals surface area contributed by atoms with Crippen molar-refractivity contribution in [2.75, 3.05) is 18.5 Å². The van der Waals surface area contributed by atoms with Crippen molar-refractivity contribution in [3.63, 3.8) is 0 Å². The van der Waals surface area contributed by atoms with Gasteiger partial charge in [-0.05, 0) is 50.1 Å². The Kier molecular flexibility index (Phi) is 7.43. The molecule has 0 atom stereocenters. The minimum atomic E-state index is -0.296. The number of rotatable bonds is 9. The number of aromatic nitrogens is 2. The molecule has 30 heavy (non-hydrogen) atoms. The SMILES string of the molecule is CCOc1ccccc1CN(CCCn1ccnc1)C(=O)Nc1ccc(F)c(C)c1. The predicted octanol–water partition coefficient (Wildman–Crippen LogP) is 4.85. The van der Waals surface area contributed by atoms with Crippen molar-refractivity contribution in [1.82, 2.24) is 14.5 Å². The van der Waals surface area contributed by atoms with E-state index in [1.54, 1.807) is 36.5 Å². The Labute approximate surface area is 176 Å². The Morgan fingerprint density at radius 2 is 2.10 bits per heavy atom. The fraction of sp³-hybridized carbons (Fsp3) is 0.304. The number of carbonyl (C=O) groups is 1. The Balaban J connectivity index is 1.73. The van der Waals surface area contributed by atoms with Gasteiger partial charge in [0.1, 0.15) is 11.6 Å². The van der Waals surface area contributed by atoms with Gasteiger partial charge in [-0.1, -0.05) is 18.2 Å². The zero-order valence-electron chi connectivity index (χ0n) is 17.3. The lowest BCUT2D eigenvalue weighted by molar-refractivity contribution is 0.206. The van der Waals surface area contributed by atoms with Gasteiger partial charge in [-0.25, -0.2) is 14.2 Å². The minimum Gasteiger partial charge on any atom is -0.494 e. The van der Waals surface area contributed by atoms with E-state index in [4.69, 9.17) is 4.74 Å². The van der Waals surface area contributed by atoms with Gasteiger partial charge in [-0.2, -0.15) is 0 Å². The number of hydrogen-bond donors (Lipinski definition) is 1. The van der Waals surface area contributed by atoms with Crippen molar-refractivity contribution in [2.45, 2.75) is 33.4 Å². The summed E-state index contributed by atoms with van der Waals surface area (Å²) in [5, 5.41) is 2.89. The van der Waals surface area contributed by atoms with Crippen LogP contribution >= 0.6 is 0 Å². The van der Waals surface area contributed by atoms with Crippen LogP contribution in [-0.2, 0) is 13.1 Å². The molecule has 6 nitrogen and oxygen atoms in total. The molecule has 0 aliphatic heterocycles. The summed E-state index contributed by atoms with van der Waals surface area (Å²) in [6.07, 6.45) is 6.16. The van der Waals surface area contributed by atoms with Crippen LogP contribution in [0.1, 0.15) is 24.5 Å². The van der Waals surface area contributed by atoms with E-state index in [0.29, 0.717) is 30.9 Å². The highest BCUT2D eigenvalue weighted by Gasteiger charge is 2.17. The summed E-state index contributed by atoms with van der Waals surface area (Å²) in [4.78, 5) is 18.8. The van der Waals surface area contributed by atoms with Crippen molar-refractivity contribution < 1.29 is 13.9 Å². The third-order valence-corrected chi connectivity index (χ3v) is 4.73. The Bertz CT molecular complexity index is 960. The van der Waals surface area contributed by atoms with Gasteiger partial charge in [-0.3, -0.25) is 0 Å². The number of ether oxygens (including phenoxy) is 1. The first-order valence-corrected chi connectivity index (χ1v) is 10.1. The molecule has 0 bridgehead atoms. The number of halogens is 1. The van der Waals surface area contributed by atoms with E-state index in [2.05, 4.69) is 10.3 Å². The first-order valence-electron chi connectivity index (χ1n) is 10.1. The van der Waals surface area contributed by atoms with Crippen LogP contribution in [0.5, 0.6) is 5.75 Å². The molecule has 1 heterocycles. The number of benzene rings is 2. The second-order valence-electron chi connectivity index (χ2n) is 7.01. The summed E-state index contributed by atoms with van der Waals surface area (Å²) in [5.74, 6) is 0.473. The zero-order valence-corrected chi connectivity index (χ0v) is 17.3. The van der Waals surface area contributed by atoms with E-state index in [-0.39, 0.29) is 11.8 Å². The van der Waals surface area contributed by atoms with Crippen molar-refractivity contribution in [3.05, 3.63) is 78.1 Å². The highest BCUT2D eigenvalue weighted by atomic mass is 19.1. The van der Waals surface area contributed by atoms with Gasteiger partial charge in [0.05, 0.1) is 19.5 Å². The average molecular weight is 410 g/mol. The minimum absolute atomic E-state index is 0.238. The normalized spacial score (nSPS) is 10.6. The number of carbonyl (C=O) groups excluding carboxylic acids is 1. The van der Waals surface area contributed by atoms with Crippen LogP contribution in [0.25, 0.3) is 0 Å². The van der Waals surface area contributed by atoms with E-state index in [1.165, 1.54) is 6.07 Å². The smallest absolute Gasteiger partial charge is 0.322 e. The van der Waals surface area contributed by atoms with E-state index in [9.17, 15) is 9.18 Å². The van der Waals surface area contributed by atoms with Crippen LogP contribution in [0, 0.1) is 12.7 Å². The van der Waals surface area contributed by atoms with Crippen molar-refractivity contribution >= 4 is 11.7 Å². The molecule has 3 aromatic rings. The first-order chi connectivity index (χ1) is 14.6. The quantitative estimate of drug-likeness (QED) is 0.548. The number of urea groups is 1. The van der Waals surface area contributed by atoms with Gasteiger partial charge in [0.15, 0.2) is 0 Å². The monoisotopic (exact) mass is 410 g/mol. The average Bonchev–Trinajstić information content (AvgIpc) is 3.25. The number of nitrogens with one attached hydrogen (secondary N) is 1. The molecule has 2 aromatic carbocycles. The number of anilines is 1. The molecule has 0 saturated heterocycles. The molecule has 0 aliphatic rings. The molecule has 0 saturated carbocycles. The summed E-state index contributed by atoms with van der Waals surface area (Å²) in [6.45, 7) is 5.87. The number of hydrogen-bond acceptors (Lipinski definition) is 3. The molecular formula is C23H27FN4O2. The maximum Gasteiger partial charge on any atom is 0.322 e. The Hall–Kier alpha value is -3.35. The topological polar surface area (TPSA) is 59.4 Å². The van der Waals surface area contributed by atoms with Crippen LogP contribution < -0.4 is 10.1 Å². The molecule has 1 aromatic heterocycles. The summed E-state index contributed by atoms with van der Waals surface area (Å²) in [7, 11) is 0. The van der Waals surface area contributed by atoms with Crippen LogP contribution in [0.3, 0.4) is 0 Å². The molecule has 2 amide bonds. The van der Waals surface area contributed by atoms with Crippen molar-refractivity contribution in [3.8, 4) is 5.75 Å². The third-order valence-electron chi connectivity index (χ3n) is 4.73. The molecule has 0 aliphatic carbocycles. The largest absolute Gasteiger partial charge is 0.494 e. The van der Waals surface area contributed by atoms with Crippen LogP contribution in [0.15, 0.2) is 61.2 Å². The lowest BCUT2D eigenvalue weighted by Crippen LogP contribution is -2.35. The van der Waals surface area contributed by atoms with Crippen molar-refractivity contribution in [1.29, 1.82) is 0 Å². The second kappa shape index (κ2) is 10.4. The Morgan fingerprint density at radius 1 is 1.27 bits per heavy atom. The van der Waals surface area contributed by atoms with Gasteiger partial charge in [0.25, 0.3) is 0 Å². The summed E-state index contributed by atoms with van der Waals surface area (Å²) in [5.41, 5.74) is 1.99. The number of amides is 2. The van der Waals surface area contributed by atoms with E-state index < -0.39 is 0 Å². The first kappa shape index (κ1) is 21.4. The van der Waals surface area contributed by atoms with Gasteiger partial charge in [-0.15, -0.1) is 0 Å². The standard InChI is InChI=1S/C23H27FN4O2/c1-3-30-22-8-5-4-7-19(22)16-28(13-6-12-27-14-11-25-17-27)23(29)26-20-9-10-21(24)18(2)15-20/h4-5,7-11,14-15,17H,3,6,12-13,16H2,1-2H3,(H,26,29). The maximum atomic E-state index is 13.6. The molecule has 0 unspecified atom stereocenters. The lowest BCUT2D eigenvalue weighted by atomic mass is 10.2. The molecular weight excluding hydrogens is 383 g/mol. The molecule has 0 radical (unpaired) electrons. The summed E-state index contributed by atoms with van der Waals surface area (Å²) >= 11 is 0. The van der Waals surface area contributed by atoms with E-state index in [0.717, 1.165) is 24.3 Å². The maximum absolute atomic E-state index is 13.6. The Morgan fingerprint density at radius 3 is 2.83 bits per heavy atom. The zero-order chi connectivity index (χ0) is 21.3. The van der Waals surface area contributed by atoms with E-state index >= 15 is 0 Å². The molecule has 158 valence electrons. The highest BCUT2D eigenvalue weighted by Crippen LogP contribution is 2.21. The third kappa shape index (κ3) is 5.83. The van der Waals surface area contributed by atoms with E-state index in [1.807, 2.05) is 42.0 Å². The predicted molar refractivity (Wildman–Crippen MR) is 115 cm³/mol. The summed E-state index contributed by atoms with van der Waals surface area (Å²) in [6, 6.07) is 12.0. The highest BCUT2D eigenvalue weighted by molar-refractivity contribution is 5.89. The molecule has 1 N–H and O–H groups in total. The fourth-order valence-electron chi connectivity index (χ4n) is 3.18. The summed E-state index contributed by atoms with van der Waals surface area (Å²) < 4.78 is 21.3. The lowest BCUT2D eigenvalue weighted by Gasteiger charge is -2.24. The molecule has 0 fully saturated rings.